The molecule has 1 aromatic heterocycles. The lowest BCUT2D eigenvalue weighted by atomic mass is 10.1. The first-order valence-corrected chi connectivity index (χ1v) is 6.87. The molecule has 0 aliphatic heterocycles. The minimum absolute atomic E-state index is 0.0938. The topological polar surface area (TPSA) is 75.4 Å². The quantitative estimate of drug-likeness (QED) is 0.883. The van der Waals surface area contributed by atoms with Crippen molar-refractivity contribution in [1.82, 2.24) is 14.7 Å². The molecule has 6 heteroatoms. The number of carbonyl (C=O) groups is 2. The smallest absolute Gasteiger partial charge is 0.308 e. The molecule has 1 heterocycles. The highest BCUT2D eigenvalue weighted by atomic mass is 16.4. The Morgan fingerprint density at radius 2 is 2.05 bits per heavy atom. The van der Waals surface area contributed by atoms with Gasteiger partial charge >= 0.3 is 5.97 Å². The third-order valence-corrected chi connectivity index (χ3v) is 3.86. The van der Waals surface area contributed by atoms with Gasteiger partial charge in [0.15, 0.2) is 0 Å². The fourth-order valence-corrected chi connectivity index (χ4v) is 2.38. The van der Waals surface area contributed by atoms with Gasteiger partial charge in [0, 0.05) is 25.3 Å². The van der Waals surface area contributed by atoms with Crippen molar-refractivity contribution in [2.45, 2.75) is 39.7 Å². The maximum Gasteiger partial charge on any atom is 0.308 e. The zero-order chi connectivity index (χ0) is 15.0. The van der Waals surface area contributed by atoms with Crippen LogP contribution in [0.3, 0.4) is 0 Å². The molecule has 1 fully saturated rings. The highest BCUT2D eigenvalue weighted by Gasteiger charge is 2.36. The number of nitrogens with zero attached hydrogens (tertiary/aromatic N) is 3. The number of rotatable bonds is 5. The number of hydrogen-bond donors (Lipinski definition) is 1. The Morgan fingerprint density at radius 3 is 2.45 bits per heavy atom. The van der Waals surface area contributed by atoms with Crippen molar-refractivity contribution in [2.75, 3.05) is 6.54 Å². The summed E-state index contributed by atoms with van der Waals surface area (Å²) in [6.45, 7) is 5.56. The third-order valence-electron chi connectivity index (χ3n) is 3.86. The molecule has 1 atom stereocenters. The summed E-state index contributed by atoms with van der Waals surface area (Å²) in [6.07, 6.45) is 1.91. The van der Waals surface area contributed by atoms with E-state index in [0.29, 0.717) is 11.3 Å². The van der Waals surface area contributed by atoms with E-state index >= 15 is 0 Å². The van der Waals surface area contributed by atoms with Gasteiger partial charge in [0.2, 0.25) is 0 Å². The van der Waals surface area contributed by atoms with E-state index in [-0.39, 0.29) is 18.5 Å². The second kappa shape index (κ2) is 5.26. The van der Waals surface area contributed by atoms with Crippen LogP contribution in [0.15, 0.2) is 0 Å². The molecule has 1 N–H and O–H groups in total. The number of hydrogen-bond acceptors (Lipinski definition) is 3. The number of carboxylic acids is 1. The molecule has 1 aliphatic rings. The van der Waals surface area contributed by atoms with Gasteiger partial charge < -0.3 is 10.0 Å². The molecular formula is C14H21N3O3. The predicted octanol–water partition coefficient (Wildman–Crippen LogP) is 1.36. The van der Waals surface area contributed by atoms with E-state index in [4.69, 9.17) is 5.11 Å². The fourth-order valence-electron chi connectivity index (χ4n) is 2.38. The molecule has 20 heavy (non-hydrogen) atoms. The number of aliphatic carboxylic acids is 1. The molecule has 0 radical (unpaired) electrons. The lowest BCUT2D eigenvalue weighted by Gasteiger charge is -2.24. The number of aryl methyl sites for hydroxylation is 2. The maximum atomic E-state index is 12.7. The van der Waals surface area contributed by atoms with Crippen LogP contribution in [0, 0.1) is 19.8 Å². The van der Waals surface area contributed by atoms with Crippen molar-refractivity contribution >= 4 is 11.9 Å². The number of aromatic nitrogens is 2. The molecule has 1 amide bonds. The Bertz CT molecular complexity index is 546. The Labute approximate surface area is 118 Å². The average molecular weight is 279 g/mol. The molecule has 1 saturated carbocycles. The molecule has 2 rings (SSSR count). The fraction of sp³-hybridized carbons (Fsp3) is 0.643. The van der Waals surface area contributed by atoms with Crippen molar-refractivity contribution in [3.05, 3.63) is 17.0 Å². The number of carbonyl (C=O) groups excluding carboxylic acids is 1. The van der Waals surface area contributed by atoms with Gasteiger partial charge in [-0.2, -0.15) is 5.10 Å². The minimum atomic E-state index is -0.872. The van der Waals surface area contributed by atoms with Crippen LogP contribution < -0.4 is 0 Å². The SMILES string of the molecule is Cc1nn(C)c(C)c1C(=O)N(CC(C)C(=O)O)C1CC1. The van der Waals surface area contributed by atoms with Gasteiger partial charge in [-0.25, -0.2) is 0 Å². The maximum absolute atomic E-state index is 12.7. The summed E-state index contributed by atoms with van der Waals surface area (Å²) in [5.74, 6) is -1.52. The van der Waals surface area contributed by atoms with Crippen molar-refractivity contribution < 1.29 is 14.7 Å². The molecule has 0 aromatic carbocycles. The lowest BCUT2D eigenvalue weighted by molar-refractivity contribution is -0.141. The molecular weight excluding hydrogens is 258 g/mol. The van der Waals surface area contributed by atoms with E-state index in [1.807, 2.05) is 13.8 Å². The van der Waals surface area contributed by atoms with E-state index < -0.39 is 11.9 Å². The van der Waals surface area contributed by atoms with Gasteiger partial charge in [-0.05, 0) is 26.7 Å². The van der Waals surface area contributed by atoms with E-state index in [1.54, 1.807) is 23.6 Å². The van der Waals surface area contributed by atoms with Crippen LogP contribution in [0.25, 0.3) is 0 Å². The molecule has 0 bridgehead atoms. The third kappa shape index (κ3) is 2.69. The number of carboxylic acid groups (broad SMARTS) is 1. The van der Waals surface area contributed by atoms with Gasteiger partial charge in [-0.3, -0.25) is 14.3 Å². The zero-order valence-corrected chi connectivity index (χ0v) is 12.4. The van der Waals surface area contributed by atoms with Crippen molar-refractivity contribution in [3.63, 3.8) is 0 Å². The predicted molar refractivity (Wildman–Crippen MR) is 73.5 cm³/mol. The summed E-state index contributed by atoms with van der Waals surface area (Å²) in [5.41, 5.74) is 2.13. The summed E-state index contributed by atoms with van der Waals surface area (Å²) >= 11 is 0. The summed E-state index contributed by atoms with van der Waals surface area (Å²) in [4.78, 5) is 25.4. The van der Waals surface area contributed by atoms with Crippen LogP contribution in [0.4, 0.5) is 0 Å². The first-order chi connectivity index (χ1) is 9.32. The molecule has 6 nitrogen and oxygen atoms in total. The largest absolute Gasteiger partial charge is 0.481 e. The summed E-state index contributed by atoms with van der Waals surface area (Å²) in [7, 11) is 1.81. The van der Waals surface area contributed by atoms with Gasteiger partial charge in [-0.1, -0.05) is 6.92 Å². The molecule has 0 saturated heterocycles. The van der Waals surface area contributed by atoms with Crippen molar-refractivity contribution in [3.8, 4) is 0 Å². The van der Waals surface area contributed by atoms with Crippen LogP contribution in [-0.2, 0) is 11.8 Å². The molecule has 110 valence electrons. The highest BCUT2D eigenvalue weighted by Crippen LogP contribution is 2.30. The van der Waals surface area contributed by atoms with Crippen LogP contribution in [0.1, 0.15) is 41.5 Å². The zero-order valence-electron chi connectivity index (χ0n) is 12.4. The number of amides is 1. The first kappa shape index (κ1) is 14.6. The normalized spacial score (nSPS) is 16.0. The Morgan fingerprint density at radius 1 is 1.45 bits per heavy atom. The van der Waals surface area contributed by atoms with E-state index in [0.717, 1.165) is 18.5 Å². The van der Waals surface area contributed by atoms with Crippen LogP contribution in [-0.4, -0.2) is 44.3 Å². The minimum Gasteiger partial charge on any atom is -0.481 e. The molecule has 1 aromatic rings. The molecule has 1 aliphatic carbocycles. The van der Waals surface area contributed by atoms with Crippen LogP contribution in [0.2, 0.25) is 0 Å². The molecule has 1 unspecified atom stereocenters. The standard InChI is InChI=1S/C14H21N3O3/c1-8(14(19)20)7-17(11-5-6-11)13(18)12-9(2)15-16(4)10(12)3/h8,11H,5-7H2,1-4H3,(H,19,20). The van der Waals surface area contributed by atoms with Gasteiger partial charge in [0.05, 0.1) is 17.2 Å². The summed E-state index contributed by atoms with van der Waals surface area (Å²) in [6, 6.07) is 0.184. The summed E-state index contributed by atoms with van der Waals surface area (Å²) in [5, 5.41) is 13.3. The van der Waals surface area contributed by atoms with Crippen molar-refractivity contribution in [2.24, 2.45) is 13.0 Å². The van der Waals surface area contributed by atoms with Gasteiger partial charge in [-0.15, -0.1) is 0 Å². The molecule has 0 spiro atoms. The Hall–Kier alpha value is -1.85. The second-order valence-corrected chi connectivity index (χ2v) is 5.60. The van der Waals surface area contributed by atoms with Crippen LogP contribution in [0.5, 0.6) is 0 Å². The lowest BCUT2D eigenvalue weighted by Crippen LogP contribution is -2.39. The van der Waals surface area contributed by atoms with E-state index in [9.17, 15) is 9.59 Å². The monoisotopic (exact) mass is 279 g/mol. The van der Waals surface area contributed by atoms with Crippen LogP contribution >= 0.6 is 0 Å². The van der Waals surface area contributed by atoms with Gasteiger partial charge in [0.25, 0.3) is 5.91 Å². The average Bonchev–Trinajstić information content (AvgIpc) is 3.15. The van der Waals surface area contributed by atoms with Crippen molar-refractivity contribution in [1.29, 1.82) is 0 Å². The first-order valence-electron chi connectivity index (χ1n) is 6.87. The van der Waals surface area contributed by atoms with E-state index in [2.05, 4.69) is 5.10 Å². The summed E-state index contributed by atoms with van der Waals surface area (Å²) < 4.78 is 1.69. The Kier molecular flexibility index (Phi) is 3.83. The highest BCUT2D eigenvalue weighted by molar-refractivity contribution is 5.97. The van der Waals surface area contributed by atoms with Gasteiger partial charge in [0.1, 0.15) is 0 Å². The van der Waals surface area contributed by atoms with E-state index in [1.165, 1.54) is 0 Å². The second-order valence-electron chi connectivity index (χ2n) is 5.60. The Balaban J connectivity index is 2.25.